The number of aromatic nitrogens is 7. The number of hydrogen-bond acceptors (Lipinski definition) is 6. The third-order valence-electron chi connectivity index (χ3n) is 4.98. The molecule has 0 spiro atoms. The van der Waals surface area contributed by atoms with Crippen molar-refractivity contribution in [2.75, 3.05) is 0 Å². The average molecular weight is 374 g/mol. The summed E-state index contributed by atoms with van der Waals surface area (Å²) in [4.78, 5) is 25.2. The predicted molar refractivity (Wildman–Crippen MR) is 101 cm³/mol. The fraction of sp³-hybridized carbons (Fsp3) is 0.263. The Balaban J connectivity index is 1.59. The maximum atomic E-state index is 11.4. The molecule has 1 aliphatic rings. The monoisotopic (exact) mass is 374 g/mol. The topological polar surface area (TPSA) is 117 Å². The van der Waals surface area contributed by atoms with E-state index in [0.717, 1.165) is 41.9 Å². The van der Waals surface area contributed by atoms with Crippen molar-refractivity contribution < 1.29 is 4.79 Å². The first-order chi connectivity index (χ1) is 13.7. The first-order valence-electron chi connectivity index (χ1n) is 9.14. The minimum Gasteiger partial charge on any atom is -0.369 e. The molecule has 28 heavy (non-hydrogen) atoms. The Kier molecular flexibility index (Phi) is 3.85. The summed E-state index contributed by atoms with van der Waals surface area (Å²) in [5, 5.41) is 8.86. The quantitative estimate of drug-likeness (QED) is 0.573. The fourth-order valence-corrected chi connectivity index (χ4v) is 3.67. The zero-order valence-electron chi connectivity index (χ0n) is 15.1. The van der Waals surface area contributed by atoms with Crippen LogP contribution >= 0.6 is 0 Å². The van der Waals surface area contributed by atoms with E-state index in [1.54, 1.807) is 10.9 Å². The first kappa shape index (κ1) is 16.5. The van der Waals surface area contributed by atoms with Gasteiger partial charge in [0, 0.05) is 24.4 Å². The SMILES string of the molecule is NC(=O)Cc1nc(C2CCn3nccc3C2)n(-c2cnc3ccccc3n2)n1. The molecule has 4 heterocycles. The van der Waals surface area contributed by atoms with E-state index in [2.05, 4.69) is 20.2 Å². The van der Waals surface area contributed by atoms with E-state index in [1.165, 1.54) is 0 Å². The molecule has 1 unspecified atom stereocenters. The molecular formula is C19H18N8O. The van der Waals surface area contributed by atoms with E-state index < -0.39 is 5.91 Å². The molecule has 4 aromatic rings. The predicted octanol–water partition coefficient (Wildman–Crippen LogP) is 1.16. The highest BCUT2D eigenvalue weighted by Crippen LogP contribution is 2.29. The van der Waals surface area contributed by atoms with Gasteiger partial charge in [-0.05, 0) is 31.0 Å². The second-order valence-corrected chi connectivity index (χ2v) is 6.89. The van der Waals surface area contributed by atoms with Crippen LogP contribution in [0.1, 0.15) is 29.7 Å². The third kappa shape index (κ3) is 2.90. The van der Waals surface area contributed by atoms with Gasteiger partial charge in [-0.25, -0.2) is 9.97 Å². The molecule has 9 nitrogen and oxygen atoms in total. The second kappa shape index (κ2) is 6.52. The number of nitrogens with zero attached hydrogens (tertiary/aromatic N) is 7. The van der Waals surface area contributed by atoms with Crippen LogP contribution in [0.3, 0.4) is 0 Å². The van der Waals surface area contributed by atoms with Crippen molar-refractivity contribution in [1.29, 1.82) is 0 Å². The molecule has 9 heteroatoms. The zero-order chi connectivity index (χ0) is 19.1. The molecule has 0 bridgehead atoms. The van der Waals surface area contributed by atoms with Gasteiger partial charge in [0.1, 0.15) is 5.82 Å². The molecule has 5 rings (SSSR count). The Morgan fingerprint density at radius 3 is 2.89 bits per heavy atom. The van der Waals surface area contributed by atoms with Gasteiger partial charge in [0.05, 0.1) is 23.7 Å². The average Bonchev–Trinajstić information content (AvgIpc) is 3.33. The number of hydrogen-bond donors (Lipinski definition) is 1. The van der Waals surface area contributed by atoms with E-state index in [4.69, 9.17) is 10.7 Å². The number of para-hydroxylation sites is 2. The maximum Gasteiger partial charge on any atom is 0.225 e. The Hall–Kier alpha value is -3.62. The van der Waals surface area contributed by atoms with Crippen molar-refractivity contribution in [3.63, 3.8) is 0 Å². The van der Waals surface area contributed by atoms with Crippen molar-refractivity contribution in [2.45, 2.75) is 31.7 Å². The molecule has 1 amide bonds. The van der Waals surface area contributed by atoms with Gasteiger partial charge in [-0.1, -0.05) is 12.1 Å². The Bertz CT molecular complexity index is 1180. The number of aryl methyl sites for hydroxylation is 1. The lowest BCUT2D eigenvalue weighted by atomic mass is 9.95. The van der Waals surface area contributed by atoms with Gasteiger partial charge in [0.2, 0.25) is 5.91 Å². The molecule has 0 radical (unpaired) electrons. The van der Waals surface area contributed by atoms with Gasteiger partial charge in [-0.2, -0.15) is 9.78 Å². The van der Waals surface area contributed by atoms with Gasteiger partial charge >= 0.3 is 0 Å². The second-order valence-electron chi connectivity index (χ2n) is 6.89. The Labute approximate surface area is 160 Å². The summed E-state index contributed by atoms with van der Waals surface area (Å²) in [6.45, 7) is 0.814. The normalized spacial score (nSPS) is 16.2. The molecule has 0 aliphatic carbocycles. The lowest BCUT2D eigenvalue weighted by Crippen LogP contribution is -2.21. The summed E-state index contributed by atoms with van der Waals surface area (Å²) in [7, 11) is 0. The smallest absolute Gasteiger partial charge is 0.225 e. The van der Waals surface area contributed by atoms with Crippen LogP contribution in [0.2, 0.25) is 0 Å². The highest BCUT2D eigenvalue weighted by molar-refractivity contribution is 5.76. The van der Waals surface area contributed by atoms with Gasteiger partial charge in [0.25, 0.3) is 0 Å². The Morgan fingerprint density at radius 1 is 1.18 bits per heavy atom. The number of primary amides is 1. The number of benzene rings is 1. The number of amides is 1. The number of carbonyl (C=O) groups excluding carboxylic acids is 1. The standard InChI is InChI=1S/C19H18N8O/c20-16(28)10-17-24-19(12-6-8-26-13(9-12)5-7-22-26)27(25-17)18-11-21-14-3-1-2-4-15(14)23-18/h1-5,7,11-12H,6,8-10H2,(H2,20,28). The van der Waals surface area contributed by atoms with E-state index in [0.29, 0.717) is 11.6 Å². The molecule has 1 atom stereocenters. The summed E-state index contributed by atoms with van der Waals surface area (Å²) in [5.74, 6) is 1.43. The molecule has 1 aromatic carbocycles. The fourth-order valence-electron chi connectivity index (χ4n) is 3.67. The van der Waals surface area contributed by atoms with Crippen molar-refractivity contribution in [2.24, 2.45) is 5.73 Å². The van der Waals surface area contributed by atoms with Crippen LogP contribution in [0.25, 0.3) is 16.9 Å². The highest BCUT2D eigenvalue weighted by atomic mass is 16.1. The Morgan fingerprint density at radius 2 is 2.04 bits per heavy atom. The number of nitrogens with two attached hydrogens (primary N) is 1. The van der Waals surface area contributed by atoms with E-state index >= 15 is 0 Å². The lowest BCUT2D eigenvalue weighted by Gasteiger charge is -2.22. The maximum absolute atomic E-state index is 11.4. The van der Waals surface area contributed by atoms with Crippen molar-refractivity contribution in [3.8, 4) is 5.82 Å². The van der Waals surface area contributed by atoms with Crippen LogP contribution in [0.4, 0.5) is 0 Å². The van der Waals surface area contributed by atoms with Crippen LogP contribution in [0.5, 0.6) is 0 Å². The van der Waals surface area contributed by atoms with Gasteiger partial charge in [-0.3, -0.25) is 14.5 Å². The highest BCUT2D eigenvalue weighted by Gasteiger charge is 2.27. The third-order valence-corrected chi connectivity index (χ3v) is 4.98. The van der Waals surface area contributed by atoms with Crippen molar-refractivity contribution in [3.05, 3.63) is 60.1 Å². The summed E-state index contributed by atoms with van der Waals surface area (Å²) in [6, 6.07) is 9.69. The van der Waals surface area contributed by atoms with Crippen LogP contribution in [0, 0.1) is 0 Å². The molecule has 0 fully saturated rings. The summed E-state index contributed by atoms with van der Waals surface area (Å²) in [5.41, 5.74) is 8.11. The van der Waals surface area contributed by atoms with Crippen molar-refractivity contribution >= 4 is 16.9 Å². The minimum absolute atomic E-state index is 0.00827. The van der Waals surface area contributed by atoms with Gasteiger partial charge in [-0.15, -0.1) is 5.10 Å². The van der Waals surface area contributed by atoms with Crippen LogP contribution < -0.4 is 5.73 Å². The van der Waals surface area contributed by atoms with E-state index in [-0.39, 0.29) is 12.3 Å². The molecule has 0 saturated heterocycles. The van der Waals surface area contributed by atoms with Crippen LogP contribution in [-0.4, -0.2) is 40.4 Å². The van der Waals surface area contributed by atoms with Crippen LogP contribution in [0.15, 0.2) is 42.7 Å². The molecule has 0 saturated carbocycles. The van der Waals surface area contributed by atoms with Gasteiger partial charge < -0.3 is 5.73 Å². The molecule has 2 N–H and O–H groups in total. The summed E-state index contributed by atoms with van der Waals surface area (Å²) >= 11 is 0. The largest absolute Gasteiger partial charge is 0.369 e. The zero-order valence-corrected chi connectivity index (χ0v) is 15.1. The number of fused-ring (bicyclic) bond motifs is 2. The summed E-state index contributed by atoms with van der Waals surface area (Å²) < 4.78 is 3.71. The molecule has 140 valence electrons. The number of rotatable bonds is 4. The molecule has 1 aliphatic heterocycles. The van der Waals surface area contributed by atoms with E-state index in [9.17, 15) is 4.79 Å². The molecular weight excluding hydrogens is 356 g/mol. The lowest BCUT2D eigenvalue weighted by molar-refractivity contribution is -0.117. The first-order valence-corrected chi connectivity index (χ1v) is 9.14. The molecule has 3 aromatic heterocycles. The van der Waals surface area contributed by atoms with E-state index in [1.807, 2.05) is 41.2 Å². The van der Waals surface area contributed by atoms with Crippen molar-refractivity contribution in [1.82, 2.24) is 34.5 Å². The number of carbonyl (C=O) groups is 1. The van der Waals surface area contributed by atoms with Crippen LogP contribution in [-0.2, 0) is 24.2 Å². The summed E-state index contributed by atoms with van der Waals surface area (Å²) in [6.07, 6.45) is 5.17. The minimum atomic E-state index is -0.463. The van der Waals surface area contributed by atoms with Gasteiger partial charge in [0.15, 0.2) is 11.6 Å².